The largest absolute Gasteiger partial charge is 0.481 e. The fourth-order valence-electron chi connectivity index (χ4n) is 2.48. The van der Waals surface area contributed by atoms with Crippen molar-refractivity contribution < 1.29 is 9.13 Å². The molecule has 0 aliphatic rings. The van der Waals surface area contributed by atoms with Gasteiger partial charge >= 0.3 is 0 Å². The Morgan fingerprint density at radius 3 is 2.59 bits per heavy atom. The monoisotopic (exact) mass is 486 g/mol. The maximum atomic E-state index is 13.5. The van der Waals surface area contributed by atoms with E-state index in [1.54, 1.807) is 25.3 Å². The molecule has 2 aromatic rings. The van der Waals surface area contributed by atoms with E-state index in [9.17, 15) is 4.39 Å². The van der Waals surface area contributed by atoms with Gasteiger partial charge in [0.1, 0.15) is 5.82 Å². The number of pyridine rings is 1. The summed E-state index contributed by atoms with van der Waals surface area (Å²) in [6.07, 6.45) is 0. The summed E-state index contributed by atoms with van der Waals surface area (Å²) in [5.41, 5.74) is 1.52. The van der Waals surface area contributed by atoms with Crippen molar-refractivity contribution in [3.8, 4) is 5.88 Å². The Balaban J connectivity index is 0.00000364. The average molecular weight is 486 g/mol. The first-order chi connectivity index (χ1) is 12.4. The second-order valence-electron chi connectivity index (χ2n) is 6.61. The lowest BCUT2D eigenvalue weighted by Gasteiger charge is -2.27. The van der Waals surface area contributed by atoms with Gasteiger partial charge in [-0.05, 0) is 30.7 Å². The maximum absolute atomic E-state index is 13.5. The van der Waals surface area contributed by atoms with Gasteiger partial charge in [0.05, 0.1) is 19.3 Å². The van der Waals surface area contributed by atoms with E-state index in [0.717, 1.165) is 17.8 Å². The molecular formula is C20H28FIN4O. The van der Waals surface area contributed by atoms with E-state index in [0.29, 0.717) is 24.9 Å². The van der Waals surface area contributed by atoms with Gasteiger partial charge < -0.3 is 15.4 Å². The average Bonchev–Trinajstić information content (AvgIpc) is 2.64. The van der Waals surface area contributed by atoms with E-state index < -0.39 is 0 Å². The highest BCUT2D eigenvalue weighted by molar-refractivity contribution is 14.0. The van der Waals surface area contributed by atoms with Crippen LogP contribution < -0.4 is 15.4 Å². The third-order valence-corrected chi connectivity index (χ3v) is 4.04. The van der Waals surface area contributed by atoms with Gasteiger partial charge in [-0.1, -0.05) is 32.0 Å². The first kappa shape index (κ1) is 23.1. The highest BCUT2D eigenvalue weighted by atomic mass is 127. The lowest BCUT2D eigenvalue weighted by molar-refractivity contribution is 0.396. The number of nitrogens with one attached hydrogen (secondary N) is 2. The summed E-state index contributed by atoms with van der Waals surface area (Å²) in [5.74, 6) is 1.05. The van der Waals surface area contributed by atoms with Gasteiger partial charge in [-0.15, -0.1) is 24.0 Å². The summed E-state index contributed by atoms with van der Waals surface area (Å²) < 4.78 is 18.7. The molecule has 7 heteroatoms. The van der Waals surface area contributed by atoms with Gasteiger partial charge in [-0.3, -0.25) is 0 Å². The van der Waals surface area contributed by atoms with E-state index in [4.69, 9.17) is 4.74 Å². The quantitative estimate of drug-likeness (QED) is 0.355. The summed E-state index contributed by atoms with van der Waals surface area (Å²) in [7, 11) is 1.59. The molecule has 5 nitrogen and oxygen atoms in total. The van der Waals surface area contributed by atoms with Crippen LogP contribution in [0.1, 0.15) is 32.0 Å². The van der Waals surface area contributed by atoms with Crippen LogP contribution >= 0.6 is 24.0 Å². The highest BCUT2D eigenvalue weighted by Crippen LogP contribution is 2.22. The Morgan fingerprint density at radius 2 is 1.93 bits per heavy atom. The molecule has 0 radical (unpaired) electrons. The van der Waals surface area contributed by atoms with Crippen molar-refractivity contribution in [2.45, 2.75) is 32.7 Å². The van der Waals surface area contributed by atoms with Crippen molar-refractivity contribution in [1.82, 2.24) is 15.6 Å². The molecule has 2 rings (SSSR count). The number of aromatic nitrogens is 1. The number of nitrogens with zero attached hydrogens (tertiary/aromatic N) is 2. The van der Waals surface area contributed by atoms with Gasteiger partial charge in [0.15, 0.2) is 5.96 Å². The van der Waals surface area contributed by atoms with Crippen LogP contribution in [0.2, 0.25) is 0 Å². The number of guanidine groups is 1. The first-order valence-corrected chi connectivity index (χ1v) is 8.73. The van der Waals surface area contributed by atoms with Crippen LogP contribution in [0.4, 0.5) is 4.39 Å². The Hall–Kier alpha value is -1.90. The van der Waals surface area contributed by atoms with Gasteiger partial charge in [0.25, 0.3) is 0 Å². The minimum atomic E-state index is -0.244. The number of rotatable bonds is 7. The van der Waals surface area contributed by atoms with E-state index in [2.05, 4.69) is 34.5 Å². The molecule has 0 saturated carbocycles. The molecular weight excluding hydrogens is 458 g/mol. The first-order valence-electron chi connectivity index (χ1n) is 8.73. The standard InChI is InChI=1S/C20H27FN4O.HI/c1-5-22-19(23-13-17-10-7-11-18(25-17)26-4)24-14-20(2,3)15-8-6-9-16(21)12-15;/h6-12H,5,13-14H2,1-4H3,(H2,22,23,24);1H. The van der Waals surface area contributed by atoms with Crippen molar-refractivity contribution >= 4 is 29.9 Å². The number of aliphatic imine (C=N–C) groups is 1. The van der Waals surface area contributed by atoms with Crippen molar-refractivity contribution in [2.75, 3.05) is 20.2 Å². The minimum absolute atomic E-state index is 0. The molecule has 0 atom stereocenters. The number of halogens is 2. The number of hydrogen-bond donors (Lipinski definition) is 2. The lowest BCUT2D eigenvalue weighted by Crippen LogP contribution is -2.43. The maximum Gasteiger partial charge on any atom is 0.213 e. The minimum Gasteiger partial charge on any atom is -0.481 e. The summed E-state index contributed by atoms with van der Waals surface area (Å²) in [6.45, 7) is 7.96. The fourth-order valence-corrected chi connectivity index (χ4v) is 2.48. The topological polar surface area (TPSA) is 58.5 Å². The molecule has 0 aliphatic carbocycles. The van der Waals surface area contributed by atoms with E-state index in [1.165, 1.54) is 6.07 Å². The molecule has 0 fully saturated rings. The summed E-state index contributed by atoms with van der Waals surface area (Å²) in [5, 5.41) is 6.56. The van der Waals surface area contributed by atoms with Gasteiger partial charge in [-0.25, -0.2) is 14.4 Å². The molecule has 0 amide bonds. The molecule has 0 bridgehead atoms. The van der Waals surface area contributed by atoms with Gasteiger partial charge in [0.2, 0.25) is 5.88 Å². The van der Waals surface area contributed by atoms with E-state index in [-0.39, 0.29) is 35.2 Å². The molecule has 1 aromatic heterocycles. The summed E-state index contributed by atoms with van der Waals surface area (Å²) in [4.78, 5) is 8.94. The molecule has 27 heavy (non-hydrogen) atoms. The number of hydrogen-bond acceptors (Lipinski definition) is 3. The second kappa shape index (κ2) is 11.1. The molecule has 1 aromatic carbocycles. The predicted molar refractivity (Wildman–Crippen MR) is 118 cm³/mol. The van der Waals surface area contributed by atoms with Crippen LogP contribution in [0.5, 0.6) is 5.88 Å². The van der Waals surface area contributed by atoms with Crippen molar-refractivity contribution in [3.05, 3.63) is 59.5 Å². The third-order valence-electron chi connectivity index (χ3n) is 4.04. The summed E-state index contributed by atoms with van der Waals surface area (Å²) in [6, 6.07) is 12.3. The van der Waals surface area contributed by atoms with Crippen LogP contribution in [-0.4, -0.2) is 31.1 Å². The predicted octanol–water partition coefficient (Wildman–Crippen LogP) is 3.88. The zero-order valence-electron chi connectivity index (χ0n) is 16.3. The normalized spacial score (nSPS) is 11.5. The molecule has 0 saturated heterocycles. The summed E-state index contributed by atoms with van der Waals surface area (Å²) >= 11 is 0. The van der Waals surface area contributed by atoms with Crippen LogP contribution in [0.25, 0.3) is 0 Å². The molecule has 1 heterocycles. The smallest absolute Gasteiger partial charge is 0.213 e. The van der Waals surface area contributed by atoms with Crippen LogP contribution in [-0.2, 0) is 12.0 Å². The van der Waals surface area contributed by atoms with Crippen LogP contribution in [0.15, 0.2) is 47.5 Å². The molecule has 0 unspecified atom stereocenters. The highest BCUT2D eigenvalue weighted by Gasteiger charge is 2.21. The van der Waals surface area contributed by atoms with Crippen molar-refractivity contribution in [2.24, 2.45) is 4.99 Å². The van der Waals surface area contributed by atoms with Gasteiger partial charge in [-0.2, -0.15) is 0 Å². The second-order valence-corrected chi connectivity index (χ2v) is 6.61. The Kier molecular flexibility index (Phi) is 9.48. The number of benzene rings is 1. The van der Waals surface area contributed by atoms with Crippen LogP contribution in [0.3, 0.4) is 0 Å². The van der Waals surface area contributed by atoms with Crippen LogP contribution in [0, 0.1) is 5.82 Å². The number of methoxy groups -OCH3 is 1. The SMILES string of the molecule is CCNC(=NCc1cccc(OC)n1)NCC(C)(C)c1cccc(F)c1.I. The van der Waals surface area contributed by atoms with E-state index >= 15 is 0 Å². The zero-order chi connectivity index (χ0) is 19.0. The molecule has 2 N–H and O–H groups in total. The van der Waals surface area contributed by atoms with Crippen molar-refractivity contribution in [3.63, 3.8) is 0 Å². The molecule has 0 spiro atoms. The molecule has 0 aliphatic heterocycles. The van der Waals surface area contributed by atoms with Gasteiger partial charge in [0, 0.05) is 24.6 Å². The Bertz CT molecular complexity index is 752. The number of ether oxygens (including phenoxy) is 1. The zero-order valence-corrected chi connectivity index (χ0v) is 18.6. The Labute approximate surface area is 177 Å². The fraction of sp³-hybridized carbons (Fsp3) is 0.400. The molecule has 148 valence electrons. The third kappa shape index (κ3) is 7.32. The lowest BCUT2D eigenvalue weighted by atomic mass is 9.84. The van der Waals surface area contributed by atoms with E-state index in [1.807, 2.05) is 25.1 Å². The Morgan fingerprint density at radius 1 is 1.19 bits per heavy atom. The van der Waals surface area contributed by atoms with Crippen molar-refractivity contribution in [1.29, 1.82) is 0 Å².